The molecule has 0 aromatic rings. The maximum Gasteiger partial charge on any atom is 0.0191 e. The van der Waals surface area contributed by atoms with Crippen LogP contribution in [0.5, 0.6) is 0 Å². The lowest BCUT2D eigenvalue weighted by molar-refractivity contribution is 0.532. The minimum Gasteiger partial charge on any atom is -0.354 e. The van der Waals surface area contributed by atoms with E-state index in [0.717, 1.165) is 12.1 Å². The molecule has 0 fully saturated rings. The molecule has 0 unspecified atom stereocenters. The Bertz CT molecular complexity index is 149. The number of hydrogen-bond acceptors (Lipinski definition) is 1. The molecule has 0 saturated heterocycles. The van der Waals surface area contributed by atoms with Gasteiger partial charge in [0.25, 0.3) is 0 Å². The van der Waals surface area contributed by atoms with Crippen molar-refractivity contribution in [3.05, 3.63) is 36.7 Å². The third-order valence-electron chi connectivity index (χ3n) is 1.33. The predicted molar refractivity (Wildman–Crippen MR) is 39.8 cm³/mol. The monoisotopic (exact) mass is 121 g/mol. The van der Waals surface area contributed by atoms with Crippen LogP contribution in [0.25, 0.3) is 0 Å². The van der Waals surface area contributed by atoms with Crippen LogP contribution in [-0.2, 0) is 0 Å². The standard InChI is InChI=1S/C8H11N/c1-3-9-6-4-8(2)5-7-9/h4-7H,2-3H2,1H3. The van der Waals surface area contributed by atoms with E-state index in [1.165, 1.54) is 0 Å². The molecule has 1 aliphatic rings. The van der Waals surface area contributed by atoms with Crippen LogP contribution in [0.2, 0.25) is 0 Å². The topological polar surface area (TPSA) is 3.24 Å². The first-order valence-electron chi connectivity index (χ1n) is 3.14. The molecule has 9 heavy (non-hydrogen) atoms. The summed E-state index contributed by atoms with van der Waals surface area (Å²) in [5, 5.41) is 0. The minimum atomic E-state index is 1.03. The van der Waals surface area contributed by atoms with Crippen LogP contribution in [0.4, 0.5) is 0 Å². The Balaban J connectivity index is 2.58. The summed E-state index contributed by atoms with van der Waals surface area (Å²) in [6.07, 6.45) is 8.07. The zero-order valence-electron chi connectivity index (χ0n) is 5.67. The van der Waals surface area contributed by atoms with Gasteiger partial charge in [0.05, 0.1) is 0 Å². The van der Waals surface area contributed by atoms with E-state index in [1.807, 2.05) is 24.6 Å². The van der Waals surface area contributed by atoms with Gasteiger partial charge in [-0.3, -0.25) is 0 Å². The van der Waals surface area contributed by atoms with E-state index in [-0.39, 0.29) is 0 Å². The average molecular weight is 121 g/mol. The van der Waals surface area contributed by atoms with Crippen LogP contribution in [-0.4, -0.2) is 11.4 Å². The fourth-order valence-electron chi connectivity index (χ4n) is 0.699. The van der Waals surface area contributed by atoms with Crippen molar-refractivity contribution in [3.63, 3.8) is 0 Å². The Labute approximate surface area is 56.0 Å². The Morgan fingerprint density at radius 3 is 2.44 bits per heavy atom. The number of nitrogens with zero attached hydrogens (tertiary/aromatic N) is 1. The van der Waals surface area contributed by atoms with Crippen molar-refractivity contribution in [1.82, 2.24) is 4.90 Å². The van der Waals surface area contributed by atoms with Crippen LogP contribution in [0, 0.1) is 0 Å². The molecule has 0 spiro atoms. The maximum absolute atomic E-state index is 3.78. The van der Waals surface area contributed by atoms with Crippen LogP contribution in [0.1, 0.15) is 6.92 Å². The quantitative estimate of drug-likeness (QED) is 0.512. The summed E-state index contributed by atoms with van der Waals surface area (Å²) in [6.45, 7) is 6.92. The second-order valence-electron chi connectivity index (χ2n) is 2.04. The van der Waals surface area contributed by atoms with Gasteiger partial charge >= 0.3 is 0 Å². The molecule has 0 saturated carbocycles. The molecule has 1 heteroatoms. The van der Waals surface area contributed by atoms with Gasteiger partial charge in [0, 0.05) is 18.9 Å². The minimum absolute atomic E-state index is 1.03. The third kappa shape index (κ3) is 1.46. The molecule has 0 bridgehead atoms. The molecule has 1 aliphatic heterocycles. The molecule has 0 radical (unpaired) electrons. The second kappa shape index (κ2) is 2.53. The molecule has 1 rings (SSSR count). The fraction of sp³-hybridized carbons (Fsp3) is 0.250. The first-order valence-corrected chi connectivity index (χ1v) is 3.14. The summed E-state index contributed by atoms with van der Waals surface area (Å²) >= 11 is 0. The predicted octanol–water partition coefficient (Wildman–Crippen LogP) is 1.91. The lowest BCUT2D eigenvalue weighted by Crippen LogP contribution is -2.09. The van der Waals surface area contributed by atoms with Crippen molar-refractivity contribution in [2.45, 2.75) is 6.92 Å². The second-order valence-corrected chi connectivity index (χ2v) is 2.04. The van der Waals surface area contributed by atoms with E-state index in [1.54, 1.807) is 0 Å². The van der Waals surface area contributed by atoms with Gasteiger partial charge in [-0.25, -0.2) is 0 Å². The first kappa shape index (κ1) is 6.14. The van der Waals surface area contributed by atoms with Gasteiger partial charge in [-0.2, -0.15) is 0 Å². The highest BCUT2D eigenvalue weighted by Gasteiger charge is 1.93. The third-order valence-corrected chi connectivity index (χ3v) is 1.33. The molecule has 1 heterocycles. The fourth-order valence-corrected chi connectivity index (χ4v) is 0.699. The number of hydrogen-bond donors (Lipinski definition) is 0. The molecular weight excluding hydrogens is 110 g/mol. The van der Waals surface area contributed by atoms with Crippen LogP contribution in [0.3, 0.4) is 0 Å². The van der Waals surface area contributed by atoms with Crippen molar-refractivity contribution in [3.8, 4) is 0 Å². The molecule has 0 N–H and O–H groups in total. The van der Waals surface area contributed by atoms with Crippen LogP contribution >= 0.6 is 0 Å². The van der Waals surface area contributed by atoms with Crippen molar-refractivity contribution in [2.24, 2.45) is 0 Å². The van der Waals surface area contributed by atoms with Gasteiger partial charge in [-0.1, -0.05) is 6.58 Å². The summed E-state index contributed by atoms with van der Waals surface area (Å²) in [7, 11) is 0. The van der Waals surface area contributed by atoms with Crippen LogP contribution < -0.4 is 0 Å². The Morgan fingerprint density at radius 1 is 1.44 bits per heavy atom. The van der Waals surface area contributed by atoms with Crippen LogP contribution in [0.15, 0.2) is 36.7 Å². The molecule has 48 valence electrons. The Hall–Kier alpha value is -0.980. The SMILES string of the molecule is C=C1C=CN(CC)C=C1. The molecule has 0 aliphatic carbocycles. The van der Waals surface area contributed by atoms with E-state index in [2.05, 4.69) is 18.4 Å². The molecule has 1 nitrogen and oxygen atoms in total. The van der Waals surface area contributed by atoms with E-state index >= 15 is 0 Å². The molecule has 0 aromatic carbocycles. The summed E-state index contributed by atoms with van der Waals surface area (Å²) in [5.41, 5.74) is 1.07. The van der Waals surface area contributed by atoms with Crippen molar-refractivity contribution in [2.75, 3.05) is 6.54 Å². The van der Waals surface area contributed by atoms with Gasteiger partial charge < -0.3 is 4.90 Å². The smallest absolute Gasteiger partial charge is 0.0191 e. The lowest BCUT2D eigenvalue weighted by Gasteiger charge is -2.14. The summed E-state index contributed by atoms with van der Waals surface area (Å²) in [4.78, 5) is 2.11. The number of rotatable bonds is 1. The molecule has 0 amide bonds. The zero-order chi connectivity index (χ0) is 6.69. The van der Waals surface area contributed by atoms with Crippen molar-refractivity contribution < 1.29 is 0 Å². The highest BCUT2D eigenvalue weighted by atomic mass is 15.1. The average Bonchev–Trinajstić information content (AvgIpc) is 1.90. The highest BCUT2D eigenvalue weighted by Crippen LogP contribution is 2.05. The van der Waals surface area contributed by atoms with Crippen molar-refractivity contribution in [1.29, 1.82) is 0 Å². The van der Waals surface area contributed by atoms with E-state index in [4.69, 9.17) is 0 Å². The normalized spacial score (nSPS) is 17.0. The summed E-state index contributed by atoms with van der Waals surface area (Å²) in [6, 6.07) is 0. The van der Waals surface area contributed by atoms with E-state index in [0.29, 0.717) is 0 Å². The van der Waals surface area contributed by atoms with Crippen molar-refractivity contribution >= 4 is 0 Å². The maximum atomic E-state index is 3.78. The largest absolute Gasteiger partial charge is 0.354 e. The van der Waals surface area contributed by atoms with E-state index < -0.39 is 0 Å². The molecular formula is C8H11N. The summed E-state index contributed by atoms with van der Waals surface area (Å²) < 4.78 is 0. The first-order chi connectivity index (χ1) is 4.33. The van der Waals surface area contributed by atoms with E-state index in [9.17, 15) is 0 Å². The Kier molecular flexibility index (Phi) is 1.73. The molecule has 0 atom stereocenters. The van der Waals surface area contributed by atoms with Gasteiger partial charge in [0.2, 0.25) is 0 Å². The van der Waals surface area contributed by atoms with Gasteiger partial charge in [-0.05, 0) is 24.6 Å². The zero-order valence-corrected chi connectivity index (χ0v) is 5.67. The highest BCUT2D eigenvalue weighted by molar-refractivity contribution is 5.30. The Morgan fingerprint density at radius 2 is 2.00 bits per heavy atom. The lowest BCUT2D eigenvalue weighted by atomic mass is 10.2. The van der Waals surface area contributed by atoms with Gasteiger partial charge in [0.15, 0.2) is 0 Å². The number of allylic oxidation sites excluding steroid dienone is 3. The van der Waals surface area contributed by atoms with Gasteiger partial charge in [0.1, 0.15) is 0 Å². The van der Waals surface area contributed by atoms with Gasteiger partial charge in [-0.15, -0.1) is 0 Å². The summed E-state index contributed by atoms with van der Waals surface area (Å²) in [5.74, 6) is 0. The molecule has 0 aromatic heterocycles.